The quantitative estimate of drug-likeness (QED) is 0.817. The second-order valence-electron chi connectivity index (χ2n) is 4.61. The maximum Gasteiger partial charge on any atom is 0.270 e. The number of aryl methyl sites for hydroxylation is 1. The number of rotatable bonds is 7. The molecule has 21 heavy (non-hydrogen) atoms. The highest BCUT2D eigenvalue weighted by molar-refractivity contribution is 5.92. The summed E-state index contributed by atoms with van der Waals surface area (Å²) in [4.78, 5) is 20.2. The van der Waals surface area contributed by atoms with E-state index in [9.17, 15) is 4.79 Å². The molecule has 0 aliphatic rings. The second kappa shape index (κ2) is 7.42. The Labute approximate surface area is 124 Å². The zero-order valence-corrected chi connectivity index (χ0v) is 12.3. The van der Waals surface area contributed by atoms with Crippen LogP contribution < -0.4 is 10.6 Å². The van der Waals surface area contributed by atoms with Crippen molar-refractivity contribution in [3.63, 3.8) is 0 Å². The minimum atomic E-state index is -0.244. The fourth-order valence-corrected chi connectivity index (χ4v) is 1.77. The smallest absolute Gasteiger partial charge is 0.270 e. The van der Waals surface area contributed by atoms with Gasteiger partial charge in [0.1, 0.15) is 11.5 Å². The Hall–Kier alpha value is -2.37. The lowest BCUT2D eigenvalue weighted by molar-refractivity contribution is 0.0942. The molecule has 0 atom stereocenters. The number of nitrogens with one attached hydrogen (secondary N) is 2. The van der Waals surface area contributed by atoms with Gasteiger partial charge < -0.3 is 15.1 Å². The molecule has 0 aromatic carbocycles. The molecule has 0 radical (unpaired) electrons. The summed E-state index contributed by atoms with van der Waals surface area (Å²) in [6.45, 7) is 5.19. The molecule has 6 heteroatoms. The Morgan fingerprint density at radius 3 is 2.90 bits per heavy atom. The van der Waals surface area contributed by atoms with E-state index in [0.29, 0.717) is 11.6 Å². The number of hydrogen-bond donors (Lipinski definition) is 2. The number of hydrogen-bond acceptors (Lipinski definition) is 5. The highest BCUT2D eigenvalue weighted by Gasteiger charge is 2.09. The zero-order valence-electron chi connectivity index (χ0n) is 12.3. The monoisotopic (exact) mass is 288 g/mol. The van der Waals surface area contributed by atoms with Crippen LogP contribution in [0.4, 0.5) is 5.69 Å². The first kappa shape index (κ1) is 15.0. The van der Waals surface area contributed by atoms with Crippen LogP contribution in [0.1, 0.15) is 42.4 Å². The second-order valence-corrected chi connectivity index (χ2v) is 4.61. The van der Waals surface area contributed by atoms with Crippen LogP contribution in [0.5, 0.6) is 0 Å². The van der Waals surface area contributed by atoms with E-state index in [1.54, 1.807) is 18.5 Å². The van der Waals surface area contributed by atoms with Crippen LogP contribution >= 0.6 is 0 Å². The van der Waals surface area contributed by atoms with Gasteiger partial charge in [-0.25, -0.2) is 4.98 Å². The molecule has 0 aliphatic heterocycles. The number of oxazole rings is 1. The van der Waals surface area contributed by atoms with Crippen molar-refractivity contribution in [3.8, 4) is 0 Å². The molecule has 112 valence electrons. The predicted molar refractivity (Wildman–Crippen MR) is 80.1 cm³/mol. The first-order valence-electron chi connectivity index (χ1n) is 7.14. The lowest BCUT2D eigenvalue weighted by Crippen LogP contribution is -2.24. The van der Waals surface area contributed by atoms with E-state index in [2.05, 4.69) is 27.5 Å². The minimum absolute atomic E-state index is 0.244. The van der Waals surface area contributed by atoms with E-state index in [-0.39, 0.29) is 12.5 Å². The molecule has 0 unspecified atom stereocenters. The van der Waals surface area contributed by atoms with Crippen molar-refractivity contribution < 1.29 is 9.21 Å². The number of carbonyl (C=O) groups excluding carboxylic acids is 1. The molecule has 1 amide bonds. The Kier molecular flexibility index (Phi) is 5.31. The number of nitrogens with zero attached hydrogens (tertiary/aromatic N) is 2. The maximum atomic E-state index is 12.0. The van der Waals surface area contributed by atoms with Gasteiger partial charge in [0.2, 0.25) is 5.89 Å². The van der Waals surface area contributed by atoms with E-state index in [1.165, 1.54) is 0 Å². The van der Waals surface area contributed by atoms with Gasteiger partial charge in [-0.15, -0.1) is 0 Å². The minimum Gasteiger partial charge on any atom is -0.444 e. The molecule has 0 saturated heterocycles. The van der Waals surface area contributed by atoms with Gasteiger partial charge in [0, 0.05) is 24.8 Å². The fourth-order valence-electron chi connectivity index (χ4n) is 1.77. The van der Waals surface area contributed by atoms with Crippen LogP contribution in [0.25, 0.3) is 0 Å². The van der Waals surface area contributed by atoms with Crippen molar-refractivity contribution in [2.45, 2.75) is 33.2 Å². The Morgan fingerprint density at radius 1 is 1.33 bits per heavy atom. The highest BCUT2D eigenvalue weighted by Crippen LogP contribution is 2.08. The molecular weight excluding hydrogens is 268 g/mol. The average molecular weight is 288 g/mol. The first-order chi connectivity index (χ1) is 10.2. The van der Waals surface area contributed by atoms with Gasteiger partial charge >= 0.3 is 0 Å². The standard InChI is InChI=1S/C15H20N4O2/c1-3-6-16-11-5-7-17-13(8-11)15(20)19-10-14-18-9-12(4-2)21-14/h5,7-9H,3-4,6,10H2,1-2H3,(H,16,17)(H,19,20). The van der Waals surface area contributed by atoms with Gasteiger partial charge in [0.05, 0.1) is 12.7 Å². The predicted octanol–water partition coefficient (Wildman–Crippen LogP) is 2.38. The number of amides is 1. The Bertz CT molecular complexity index is 595. The van der Waals surface area contributed by atoms with Crippen LogP contribution in [0.2, 0.25) is 0 Å². The molecule has 2 aromatic heterocycles. The zero-order chi connectivity index (χ0) is 15.1. The van der Waals surface area contributed by atoms with Gasteiger partial charge in [0.25, 0.3) is 5.91 Å². The molecule has 6 nitrogen and oxygen atoms in total. The lowest BCUT2D eigenvalue weighted by Gasteiger charge is -2.06. The number of pyridine rings is 1. The van der Waals surface area contributed by atoms with Crippen molar-refractivity contribution in [1.29, 1.82) is 0 Å². The molecule has 0 saturated carbocycles. The molecule has 0 bridgehead atoms. The van der Waals surface area contributed by atoms with Crippen LogP contribution in [-0.4, -0.2) is 22.4 Å². The Balaban J connectivity index is 1.93. The molecule has 2 N–H and O–H groups in total. The van der Waals surface area contributed by atoms with E-state index in [4.69, 9.17) is 4.42 Å². The molecular formula is C15H20N4O2. The van der Waals surface area contributed by atoms with E-state index >= 15 is 0 Å². The van der Waals surface area contributed by atoms with Gasteiger partial charge in [-0.3, -0.25) is 9.78 Å². The molecule has 0 aliphatic carbocycles. The molecule has 2 aromatic rings. The van der Waals surface area contributed by atoms with Crippen LogP contribution in [-0.2, 0) is 13.0 Å². The van der Waals surface area contributed by atoms with Gasteiger partial charge in [0.15, 0.2) is 0 Å². The molecule has 2 rings (SSSR count). The summed E-state index contributed by atoms with van der Waals surface area (Å²) in [6.07, 6.45) is 5.10. The average Bonchev–Trinajstić information content (AvgIpc) is 2.99. The van der Waals surface area contributed by atoms with Crippen LogP contribution in [0, 0.1) is 0 Å². The number of aromatic nitrogens is 2. The van der Waals surface area contributed by atoms with Crippen molar-refractivity contribution in [2.75, 3.05) is 11.9 Å². The largest absolute Gasteiger partial charge is 0.444 e. The third-order valence-corrected chi connectivity index (χ3v) is 2.92. The summed E-state index contributed by atoms with van der Waals surface area (Å²) in [7, 11) is 0. The topological polar surface area (TPSA) is 80.0 Å². The SMILES string of the molecule is CCCNc1ccnc(C(=O)NCc2ncc(CC)o2)c1. The lowest BCUT2D eigenvalue weighted by atomic mass is 10.3. The van der Waals surface area contributed by atoms with E-state index in [0.717, 1.165) is 30.8 Å². The highest BCUT2D eigenvalue weighted by atomic mass is 16.4. The third kappa shape index (κ3) is 4.30. The summed E-state index contributed by atoms with van der Waals surface area (Å²) >= 11 is 0. The van der Waals surface area contributed by atoms with Crippen LogP contribution in [0.15, 0.2) is 28.9 Å². The van der Waals surface area contributed by atoms with Gasteiger partial charge in [-0.2, -0.15) is 0 Å². The Morgan fingerprint density at radius 2 is 2.19 bits per heavy atom. The van der Waals surface area contributed by atoms with Crippen molar-refractivity contribution in [2.24, 2.45) is 0 Å². The van der Waals surface area contributed by atoms with Gasteiger partial charge in [-0.1, -0.05) is 13.8 Å². The van der Waals surface area contributed by atoms with Crippen LogP contribution in [0.3, 0.4) is 0 Å². The molecule has 0 spiro atoms. The summed E-state index contributed by atoms with van der Waals surface area (Å²) in [6, 6.07) is 3.58. The van der Waals surface area contributed by atoms with Gasteiger partial charge in [-0.05, 0) is 18.6 Å². The van der Waals surface area contributed by atoms with Crippen molar-refractivity contribution in [1.82, 2.24) is 15.3 Å². The molecule has 2 heterocycles. The summed E-state index contributed by atoms with van der Waals surface area (Å²) in [5, 5.41) is 5.97. The third-order valence-electron chi connectivity index (χ3n) is 2.92. The van der Waals surface area contributed by atoms with Crippen molar-refractivity contribution in [3.05, 3.63) is 41.9 Å². The summed E-state index contributed by atoms with van der Waals surface area (Å²) in [5.74, 6) is 1.06. The van der Waals surface area contributed by atoms with E-state index in [1.807, 2.05) is 13.0 Å². The number of carbonyl (C=O) groups is 1. The summed E-state index contributed by atoms with van der Waals surface area (Å²) in [5.41, 5.74) is 1.26. The molecule has 0 fully saturated rings. The number of anilines is 1. The fraction of sp³-hybridized carbons (Fsp3) is 0.400. The first-order valence-corrected chi connectivity index (χ1v) is 7.14. The normalized spacial score (nSPS) is 10.4. The summed E-state index contributed by atoms with van der Waals surface area (Å²) < 4.78 is 5.44. The van der Waals surface area contributed by atoms with Crippen molar-refractivity contribution >= 4 is 11.6 Å². The van der Waals surface area contributed by atoms with E-state index < -0.39 is 0 Å². The maximum absolute atomic E-state index is 12.0.